The van der Waals surface area contributed by atoms with Gasteiger partial charge in [-0.1, -0.05) is 0 Å². The minimum absolute atomic E-state index is 0.250. The van der Waals surface area contributed by atoms with E-state index >= 15 is 0 Å². The Kier molecular flexibility index (Phi) is 4.51. The number of nitrogens with zero attached hydrogens (tertiary/aromatic N) is 5. The molecule has 5 nitrogen and oxygen atoms in total. The van der Waals surface area contributed by atoms with E-state index in [1.165, 1.54) is 18.3 Å². The van der Waals surface area contributed by atoms with Crippen molar-refractivity contribution in [3.8, 4) is 11.3 Å². The fourth-order valence-corrected chi connectivity index (χ4v) is 3.19. The van der Waals surface area contributed by atoms with E-state index in [0.717, 1.165) is 49.2 Å². The van der Waals surface area contributed by atoms with Crippen LogP contribution >= 0.6 is 0 Å². The Balaban J connectivity index is 1.47. The fourth-order valence-electron chi connectivity index (χ4n) is 3.19. The van der Waals surface area contributed by atoms with Crippen molar-refractivity contribution >= 4 is 5.82 Å². The topological polar surface area (TPSA) is 54.8 Å². The van der Waals surface area contributed by atoms with Crippen molar-refractivity contribution in [1.82, 2.24) is 19.9 Å². The summed E-state index contributed by atoms with van der Waals surface area (Å²) >= 11 is 0. The lowest BCUT2D eigenvalue weighted by Gasteiger charge is -2.31. The molecular formula is C19H17F2N5. The summed E-state index contributed by atoms with van der Waals surface area (Å²) < 4.78 is 26.0. The van der Waals surface area contributed by atoms with Gasteiger partial charge < -0.3 is 4.90 Å². The molecule has 0 amide bonds. The molecule has 3 aromatic rings. The third-order valence-corrected chi connectivity index (χ3v) is 4.61. The minimum atomic E-state index is -0.574. The molecule has 0 radical (unpaired) electrons. The fraction of sp³-hybridized carbons (Fsp3) is 0.263. The molecule has 26 heavy (non-hydrogen) atoms. The van der Waals surface area contributed by atoms with Crippen molar-refractivity contribution < 1.29 is 8.78 Å². The Hall–Kier alpha value is -2.96. The number of halogens is 2. The highest BCUT2D eigenvalue weighted by molar-refractivity contribution is 5.58. The molecule has 7 heteroatoms. The molecule has 1 fully saturated rings. The van der Waals surface area contributed by atoms with Crippen molar-refractivity contribution in [1.29, 1.82) is 0 Å². The van der Waals surface area contributed by atoms with Gasteiger partial charge in [0, 0.05) is 30.8 Å². The van der Waals surface area contributed by atoms with Gasteiger partial charge in [0.2, 0.25) is 5.95 Å². The molecule has 0 unspecified atom stereocenters. The van der Waals surface area contributed by atoms with E-state index in [2.05, 4.69) is 24.8 Å². The van der Waals surface area contributed by atoms with Gasteiger partial charge in [0.15, 0.2) is 0 Å². The lowest BCUT2D eigenvalue weighted by Crippen LogP contribution is -2.34. The highest BCUT2D eigenvalue weighted by atomic mass is 19.1. The van der Waals surface area contributed by atoms with Crippen LogP contribution in [-0.4, -0.2) is 33.0 Å². The second kappa shape index (κ2) is 7.11. The van der Waals surface area contributed by atoms with Crippen molar-refractivity contribution in [2.24, 2.45) is 0 Å². The monoisotopic (exact) mass is 353 g/mol. The second-order valence-corrected chi connectivity index (χ2v) is 6.27. The van der Waals surface area contributed by atoms with Crippen LogP contribution in [0.2, 0.25) is 0 Å². The van der Waals surface area contributed by atoms with Gasteiger partial charge in [0.25, 0.3) is 0 Å². The SMILES string of the molecule is Fc1ccc(-c2ccnc(C3CCN(c4cnc(F)cn4)CC3)n2)cc1. The van der Waals surface area contributed by atoms with Crippen molar-refractivity contribution in [3.63, 3.8) is 0 Å². The van der Waals surface area contributed by atoms with Gasteiger partial charge in [0.1, 0.15) is 17.5 Å². The molecule has 132 valence electrons. The molecule has 0 spiro atoms. The Morgan fingerprint density at radius 1 is 0.885 bits per heavy atom. The molecule has 0 atom stereocenters. The second-order valence-electron chi connectivity index (χ2n) is 6.27. The third kappa shape index (κ3) is 3.51. The summed E-state index contributed by atoms with van der Waals surface area (Å²) in [6.45, 7) is 1.57. The summed E-state index contributed by atoms with van der Waals surface area (Å²) in [5, 5.41) is 0. The number of hydrogen-bond acceptors (Lipinski definition) is 5. The minimum Gasteiger partial charge on any atom is -0.355 e. The molecule has 1 aliphatic heterocycles. The van der Waals surface area contributed by atoms with Crippen LogP contribution in [0.4, 0.5) is 14.6 Å². The standard InChI is InChI=1S/C19H17F2N5/c20-15-3-1-13(2-4-15)16-5-8-22-19(25-16)14-6-9-26(10-7-14)18-12-23-17(21)11-24-18/h1-5,8,11-12,14H,6-7,9-10H2. The summed E-state index contributed by atoms with van der Waals surface area (Å²) in [4.78, 5) is 18.9. The van der Waals surface area contributed by atoms with E-state index in [4.69, 9.17) is 0 Å². The van der Waals surface area contributed by atoms with E-state index in [0.29, 0.717) is 5.82 Å². The number of benzene rings is 1. The largest absolute Gasteiger partial charge is 0.355 e. The van der Waals surface area contributed by atoms with Crippen LogP contribution in [-0.2, 0) is 0 Å². The highest BCUT2D eigenvalue weighted by Crippen LogP contribution is 2.28. The van der Waals surface area contributed by atoms with Crippen molar-refractivity contribution in [2.75, 3.05) is 18.0 Å². The van der Waals surface area contributed by atoms with Crippen LogP contribution in [0.25, 0.3) is 11.3 Å². The Morgan fingerprint density at radius 2 is 1.65 bits per heavy atom. The number of piperidine rings is 1. The summed E-state index contributed by atoms with van der Waals surface area (Å²) in [5.41, 5.74) is 1.66. The molecule has 0 N–H and O–H groups in total. The summed E-state index contributed by atoms with van der Waals surface area (Å²) in [5.74, 6) is 0.900. The average Bonchev–Trinajstić information content (AvgIpc) is 2.69. The first kappa shape index (κ1) is 16.5. The Bertz CT molecular complexity index is 875. The smallest absolute Gasteiger partial charge is 0.231 e. The Labute approximate surface area is 149 Å². The van der Waals surface area contributed by atoms with Crippen LogP contribution in [0, 0.1) is 11.8 Å². The normalized spacial score (nSPS) is 15.2. The molecule has 4 rings (SSSR count). The summed E-state index contributed by atoms with van der Waals surface area (Å²) in [6.07, 6.45) is 6.11. The first-order valence-electron chi connectivity index (χ1n) is 8.50. The van der Waals surface area contributed by atoms with Crippen molar-refractivity contribution in [2.45, 2.75) is 18.8 Å². The van der Waals surface area contributed by atoms with Crippen LogP contribution in [0.15, 0.2) is 48.9 Å². The number of hydrogen-bond donors (Lipinski definition) is 0. The van der Waals surface area contributed by atoms with E-state index < -0.39 is 5.95 Å². The van der Waals surface area contributed by atoms with Gasteiger partial charge in [-0.15, -0.1) is 0 Å². The average molecular weight is 353 g/mol. The number of aromatic nitrogens is 4. The van der Waals surface area contributed by atoms with Crippen LogP contribution in [0.1, 0.15) is 24.6 Å². The zero-order valence-electron chi connectivity index (χ0n) is 14.0. The van der Waals surface area contributed by atoms with Gasteiger partial charge in [-0.05, 0) is 43.2 Å². The summed E-state index contributed by atoms with van der Waals surface area (Å²) in [7, 11) is 0. The third-order valence-electron chi connectivity index (χ3n) is 4.61. The van der Waals surface area contributed by atoms with E-state index in [-0.39, 0.29) is 11.7 Å². The van der Waals surface area contributed by atoms with E-state index in [1.807, 2.05) is 6.07 Å². The van der Waals surface area contributed by atoms with Gasteiger partial charge in [-0.2, -0.15) is 4.39 Å². The van der Waals surface area contributed by atoms with Gasteiger partial charge in [-0.3, -0.25) is 0 Å². The first-order valence-corrected chi connectivity index (χ1v) is 8.50. The maximum atomic E-state index is 13.1. The zero-order chi connectivity index (χ0) is 17.9. The highest BCUT2D eigenvalue weighted by Gasteiger charge is 2.24. The van der Waals surface area contributed by atoms with Gasteiger partial charge in [-0.25, -0.2) is 24.3 Å². The molecule has 1 aromatic carbocycles. The van der Waals surface area contributed by atoms with Gasteiger partial charge in [0.05, 0.1) is 18.1 Å². The van der Waals surface area contributed by atoms with Gasteiger partial charge >= 0.3 is 0 Å². The molecule has 2 aromatic heterocycles. The Morgan fingerprint density at radius 3 is 2.35 bits per heavy atom. The predicted octanol–water partition coefficient (Wildman–Crippen LogP) is 3.60. The molecule has 1 saturated heterocycles. The molecule has 0 bridgehead atoms. The molecule has 0 saturated carbocycles. The first-order chi connectivity index (χ1) is 12.7. The molecule has 1 aliphatic rings. The van der Waals surface area contributed by atoms with Crippen LogP contribution in [0.3, 0.4) is 0 Å². The summed E-state index contributed by atoms with van der Waals surface area (Å²) in [6, 6.07) is 8.13. The number of anilines is 1. The van der Waals surface area contributed by atoms with Crippen LogP contribution < -0.4 is 4.90 Å². The predicted molar refractivity (Wildman–Crippen MR) is 93.6 cm³/mol. The molecule has 3 heterocycles. The number of rotatable bonds is 3. The molecule has 0 aliphatic carbocycles. The lowest BCUT2D eigenvalue weighted by atomic mass is 9.95. The maximum absolute atomic E-state index is 13.1. The quantitative estimate of drug-likeness (QED) is 0.720. The zero-order valence-corrected chi connectivity index (χ0v) is 14.0. The van der Waals surface area contributed by atoms with Crippen LogP contribution in [0.5, 0.6) is 0 Å². The maximum Gasteiger partial charge on any atom is 0.231 e. The molecular weight excluding hydrogens is 336 g/mol. The van der Waals surface area contributed by atoms with E-state index in [1.54, 1.807) is 18.3 Å². The lowest BCUT2D eigenvalue weighted by molar-refractivity contribution is 0.482. The van der Waals surface area contributed by atoms with E-state index in [9.17, 15) is 8.78 Å². The van der Waals surface area contributed by atoms with Crippen molar-refractivity contribution in [3.05, 3.63) is 66.5 Å².